The van der Waals surface area contributed by atoms with Crippen molar-refractivity contribution in [2.75, 3.05) is 4.90 Å². The molecule has 2 aliphatic rings. The van der Waals surface area contributed by atoms with E-state index < -0.39 is 5.41 Å². The number of anilines is 3. The number of rotatable bonds is 5. The van der Waals surface area contributed by atoms with E-state index in [4.69, 9.17) is 15.0 Å². The lowest BCUT2D eigenvalue weighted by Crippen LogP contribution is -2.41. The van der Waals surface area contributed by atoms with Crippen molar-refractivity contribution < 1.29 is 0 Å². The Morgan fingerprint density at radius 2 is 0.941 bits per heavy atom. The van der Waals surface area contributed by atoms with E-state index in [2.05, 4.69) is 210 Å². The van der Waals surface area contributed by atoms with Gasteiger partial charge in [0.15, 0.2) is 11.6 Å². The van der Waals surface area contributed by atoms with E-state index in [0.29, 0.717) is 17.6 Å². The van der Waals surface area contributed by atoms with Gasteiger partial charge in [-0.05, 0) is 104 Å². The third-order valence-electron chi connectivity index (χ3n) is 14.3. The molecule has 5 nitrogen and oxygen atoms in total. The summed E-state index contributed by atoms with van der Waals surface area (Å²) in [7, 11) is 0. The monoisotopic (exact) mass is 867 g/mol. The van der Waals surface area contributed by atoms with E-state index in [-0.39, 0.29) is 0 Å². The molecule has 0 bridgehead atoms. The summed E-state index contributed by atoms with van der Waals surface area (Å²) in [6.07, 6.45) is 0.788. The lowest BCUT2D eigenvalue weighted by Gasteiger charge is -2.49. The van der Waals surface area contributed by atoms with Gasteiger partial charge in [-0.3, -0.25) is 4.57 Å². The Kier molecular flexibility index (Phi) is 8.49. The van der Waals surface area contributed by atoms with Gasteiger partial charge in [0.25, 0.3) is 0 Å². The molecule has 12 aromatic rings. The molecule has 68 heavy (non-hydrogen) atoms. The fourth-order valence-electron chi connectivity index (χ4n) is 11.4. The summed E-state index contributed by atoms with van der Waals surface area (Å²) >= 11 is 0. The average molecular weight is 868 g/mol. The number of hydrogen-bond donors (Lipinski definition) is 0. The summed E-state index contributed by atoms with van der Waals surface area (Å²) in [4.78, 5) is 18.1. The molecule has 0 saturated carbocycles. The predicted molar refractivity (Wildman–Crippen MR) is 277 cm³/mol. The van der Waals surface area contributed by atoms with Crippen LogP contribution in [0.5, 0.6) is 0 Å². The maximum absolute atomic E-state index is 5.27. The molecule has 3 heterocycles. The van der Waals surface area contributed by atoms with Crippen molar-refractivity contribution in [2.24, 2.45) is 0 Å². The van der Waals surface area contributed by atoms with Crippen LogP contribution in [0.3, 0.4) is 0 Å². The maximum Gasteiger partial charge on any atom is 0.238 e. The van der Waals surface area contributed by atoms with Crippen LogP contribution in [-0.4, -0.2) is 19.5 Å². The summed E-state index contributed by atoms with van der Waals surface area (Å²) < 4.78 is 2.26. The van der Waals surface area contributed by atoms with Crippen molar-refractivity contribution in [1.82, 2.24) is 19.5 Å². The van der Waals surface area contributed by atoms with Crippen molar-refractivity contribution in [3.8, 4) is 39.9 Å². The number of fused-ring (bicyclic) bond motifs is 12. The molecule has 1 aliphatic carbocycles. The first-order chi connectivity index (χ1) is 33.7. The SMILES string of the molecule is c1ccc(-c2nc(-c3ccccc3)nc(-n3c4ccccc4c4cc5c(cc43)Cc3ccccc3C53c4ccccc4N(c4ccc(-c5cccc6ccccc56)cc4)c4ccccc43)n2)cc1. The highest BCUT2D eigenvalue weighted by Crippen LogP contribution is 2.61. The van der Waals surface area contributed by atoms with Crippen molar-refractivity contribution in [3.63, 3.8) is 0 Å². The fourth-order valence-corrected chi connectivity index (χ4v) is 11.4. The van der Waals surface area contributed by atoms with Gasteiger partial charge in [0.2, 0.25) is 5.95 Å². The number of nitrogens with zero attached hydrogens (tertiary/aromatic N) is 5. The molecule has 0 amide bonds. The molecule has 2 aromatic heterocycles. The van der Waals surface area contributed by atoms with E-state index in [1.54, 1.807) is 0 Å². The molecule has 1 spiro atoms. The van der Waals surface area contributed by atoms with Gasteiger partial charge < -0.3 is 4.90 Å². The van der Waals surface area contributed by atoms with Crippen LogP contribution in [-0.2, 0) is 11.8 Å². The van der Waals surface area contributed by atoms with Gasteiger partial charge in [0.1, 0.15) is 0 Å². The molecular weight excluding hydrogens is 827 g/mol. The van der Waals surface area contributed by atoms with Crippen molar-refractivity contribution in [2.45, 2.75) is 11.8 Å². The molecule has 0 fully saturated rings. The van der Waals surface area contributed by atoms with Crippen molar-refractivity contribution >= 4 is 49.6 Å². The Morgan fingerprint density at radius 3 is 1.65 bits per heavy atom. The second kappa shape index (κ2) is 15.1. The second-order valence-corrected chi connectivity index (χ2v) is 17.9. The Labute approximate surface area is 393 Å². The Bertz CT molecular complexity index is 3840. The highest BCUT2D eigenvalue weighted by molar-refractivity contribution is 6.10. The summed E-state index contributed by atoms with van der Waals surface area (Å²) in [6.45, 7) is 0. The minimum atomic E-state index is -0.623. The van der Waals surface area contributed by atoms with Gasteiger partial charge in [-0.25, -0.2) is 4.98 Å². The second-order valence-electron chi connectivity index (χ2n) is 17.9. The van der Waals surface area contributed by atoms with Crippen molar-refractivity contribution in [1.29, 1.82) is 0 Å². The third kappa shape index (κ3) is 5.66. The third-order valence-corrected chi connectivity index (χ3v) is 14.3. The van der Waals surface area contributed by atoms with Crippen LogP contribution in [0, 0.1) is 0 Å². The van der Waals surface area contributed by atoms with Crippen LogP contribution in [0.2, 0.25) is 0 Å². The summed E-state index contributed by atoms with van der Waals surface area (Å²) in [5, 5.41) is 4.80. The fraction of sp³-hybridized carbons (Fsp3) is 0.0317. The van der Waals surface area contributed by atoms with Crippen LogP contribution >= 0.6 is 0 Å². The average Bonchev–Trinajstić information content (AvgIpc) is 3.74. The molecule has 0 unspecified atom stereocenters. The number of aromatic nitrogens is 4. The van der Waals surface area contributed by atoms with Crippen LogP contribution in [0.25, 0.3) is 72.4 Å². The number of hydrogen-bond acceptors (Lipinski definition) is 4. The first-order valence-corrected chi connectivity index (χ1v) is 23.3. The lowest BCUT2D eigenvalue weighted by molar-refractivity contribution is 0.694. The minimum Gasteiger partial charge on any atom is -0.310 e. The maximum atomic E-state index is 5.27. The van der Waals surface area contributed by atoms with E-state index in [1.807, 2.05) is 36.4 Å². The molecular formula is C63H41N5. The topological polar surface area (TPSA) is 46.8 Å². The largest absolute Gasteiger partial charge is 0.310 e. The van der Waals surface area contributed by atoms with Gasteiger partial charge in [-0.15, -0.1) is 0 Å². The smallest absolute Gasteiger partial charge is 0.238 e. The predicted octanol–water partition coefficient (Wildman–Crippen LogP) is 15.2. The van der Waals surface area contributed by atoms with Crippen LogP contribution in [0.4, 0.5) is 17.1 Å². The van der Waals surface area contributed by atoms with Gasteiger partial charge in [-0.2, -0.15) is 9.97 Å². The highest BCUT2D eigenvalue weighted by Gasteiger charge is 2.50. The zero-order valence-corrected chi connectivity index (χ0v) is 37.0. The lowest BCUT2D eigenvalue weighted by atomic mass is 9.57. The van der Waals surface area contributed by atoms with Crippen LogP contribution in [0.15, 0.2) is 237 Å². The molecule has 0 radical (unpaired) electrons. The van der Waals surface area contributed by atoms with Gasteiger partial charge in [0.05, 0.1) is 27.8 Å². The Balaban J connectivity index is 1.00. The standard InChI is InChI=1S/C63H41N5/c1-3-19-43(20-4-1)60-64-61(44-21-5-2-6-22-44)66-62(65-60)68-56-31-14-10-26-50(56)51-40-55-46(39-59(51)68)38-45-23-8-11-28-52(45)63(55)53-29-12-15-32-57(53)67(58-33-16-13-30-54(58)63)47-36-34-42(35-37-47)49-27-17-24-41-18-7-9-25-48(41)49/h1-37,39-40H,38H2. The summed E-state index contributed by atoms with van der Waals surface area (Å²) in [5.74, 6) is 1.86. The Morgan fingerprint density at radius 1 is 0.368 bits per heavy atom. The summed E-state index contributed by atoms with van der Waals surface area (Å²) in [5.41, 5.74) is 17.0. The minimum absolute atomic E-state index is 0.588. The molecule has 14 rings (SSSR count). The number of benzene rings is 10. The van der Waals surface area contributed by atoms with Gasteiger partial charge in [-0.1, -0.05) is 194 Å². The Hall–Kier alpha value is -8.93. The summed E-state index contributed by atoms with van der Waals surface area (Å²) in [6, 6.07) is 85.7. The molecule has 0 atom stereocenters. The van der Waals surface area contributed by atoms with Crippen LogP contribution < -0.4 is 4.90 Å². The molecule has 1 aliphatic heterocycles. The quantitative estimate of drug-likeness (QED) is 0.173. The zero-order chi connectivity index (χ0) is 44.8. The van der Waals surface area contributed by atoms with Crippen molar-refractivity contribution in [3.05, 3.63) is 270 Å². The van der Waals surface area contributed by atoms with Crippen LogP contribution in [0.1, 0.15) is 33.4 Å². The zero-order valence-electron chi connectivity index (χ0n) is 37.0. The molecule has 0 N–H and O–H groups in total. The first-order valence-electron chi connectivity index (χ1n) is 23.3. The molecule has 5 heteroatoms. The van der Waals surface area contributed by atoms with Gasteiger partial charge >= 0.3 is 0 Å². The molecule has 10 aromatic carbocycles. The van der Waals surface area contributed by atoms with E-state index in [0.717, 1.165) is 45.0 Å². The van der Waals surface area contributed by atoms with E-state index in [1.165, 1.54) is 66.7 Å². The molecule has 318 valence electrons. The highest BCUT2D eigenvalue weighted by atomic mass is 15.2. The first kappa shape index (κ1) is 38.3. The van der Waals surface area contributed by atoms with E-state index >= 15 is 0 Å². The van der Waals surface area contributed by atoms with Gasteiger partial charge in [0, 0.05) is 27.6 Å². The molecule has 0 saturated heterocycles. The van der Waals surface area contributed by atoms with E-state index in [9.17, 15) is 0 Å². The number of para-hydroxylation sites is 3. The normalized spacial score (nSPS) is 13.3.